The molecule has 2 heteroatoms. The summed E-state index contributed by atoms with van der Waals surface area (Å²) < 4.78 is 0. The first-order valence-electron chi connectivity index (χ1n) is 5.70. The maximum Gasteiger partial charge on any atom is 0.286 e. The molecular formula is C15H12N2. The van der Waals surface area contributed by atoms with Crippen LogP contribution in [0.4, 0.5) is 0 Å². The molecule has 0 aliphatic heterocycles. The summed E-state index contributed by atoms with van der Waals surface area (Å²) in [5.74, 6) is 0. The molecule has 2 nitrogen and oxygen atoms in total. The fourth-order valence-electron chi connectivity index (χ4n) is 2.48. The standard InChI is InChI=1S/C15H12N2/c16-17-14-11-15(14,12-7-3-1-4-8-12)13-9-5-2-6-10-13/h1-10H,11H2. The number of hydrogen-bond acceptors (Lipinski definition) is 0. The number of nitrogens with zero attached hydrogens (tertiary/aromatic N) is 2. The lowest BCUT2D eigenvalue weighted by molar-refractivity contribution is -0.00245. The van der Waals surface area contributed by atoms with Gasteiger partial charge in [0.05, 0.1) is 6.42 Å². The van der Waals surface area contributed by atoms with Gasteiger partial charge in [-0.25, -0.2) is 0 Å². The van der Waals surface area contributed by atoms with Gasteiger partial charge < -0.3 is 5.53 Å². The van der Waals surface area contributed by atoms with E-state index < -0.39 is 0 Å². The normalized spacial score (nSPS) is 16.4. The van der Waals surface area contributed by atoms with E-state index in [1.807, 2.05) is 36.4 Å². The highest BCUT2D eigenvalue weighted by molar-refractivity contribution is 6.10. The molecule has 0 amide bonds. The molecular weight excluding hydrogens is 208 g/mol. The van der Waals surface area contributed by atoms with Crippen molar-refractivity contribution in [3.8, 4) is 0 Å². The Bertz CT molecular complexity index is 541. The molecule has 0 N–H and O–H groups in total. The van der Waals surface area contributed by atoms with Gasteiger partial charge in [-0.3, -0.25) is 0 Å². The Hall–Kier alpha value is -2.18. The molecule has 1 aliphatic rings. The van der Waals surface area contributed by atoms with Crippen LogP contribution in [0.3, 0.4) is 0 Å². The summed E-state index contributed by atoms with van der Waals surface area (Å²) in [6, 6.07) is 20.4. The molecule has 0 saturated heterocycles. The van der Waals surface area contributed by atoms with Crippen LogP contribution < -0.4 is 0 Å². The first-order valence-corrected chi connectivity index (χ1v) is 5.70. The lowest BCUT2D eigenvalue weighted by Gasteiger charge is -2.11. The molecule has 0 radical (unpaired) electrons. The molecule has 1 saturated carbocycles. The van der Waals surface area contributed by atoms with E-state index in [9.17, 15) is 0 Å². The zero-order chi connectivity index (χ0) is 11.7. The summed E-state index contributed by atoms with van der Waals surface area (Å²) in [6.07, 6.45) is 0.803. The maximum absolute atomic E-state index is 9.05. The first kappa shape index (κ1) is 10.0. The van der Waals surface area contributed by atoms with Crippen LogP contribution >= 0.6 is 0 Å². The minimum absolute atomic E-state index is 0.197. The average Bonchev–Trinajstić information content (AvgIpc) is 3.17. The van der Waals surface area contributed by atoms with Crippen molar-refractivity contribution in [1.82, 2.24) is 0 Å². The van der Waals surface area contributed by atoms with Crippen molar-refractivity contribution in [2.75, 3.05) is 0 Å². The van der Waals surface area contributed by atoms with Crippen LogP contribution in [0.25, 0.3) is 5.53 Å². The van der Waals surface area contributed by atoms with Crippen molar-refractivity contribution >= 4 is 5.71 Å². The summed E-state index contributed by atoms with van der Waals surface area (Å²) in [5, 5.41) is 0. The summed E-state index contributed by atoms with van der Waals surface area (Å²) in [4.78, 5) is 3.42. The van der Waals surface area contributed by atoms with E-state index in [-0.39, 0.29) is 5.41 Å². The highest BCUT2D eigenvalue weighted by Gasteiger charge is 2.61. The van der Waals surface area contributed by atoms with E-state index >= 15 is 0 Å². The minimum atomic E-state index is -0.197. The molecule has 0 bridgehead atoms. The lowest BCUT2D eigenvalue weighted by Crippen LogP contribution is -2.12. The second kappa shape index (κ2) is 3.69. The highest BCUT2D eigenvalue weighted by Crippen LogP contribution is 2.49. The zero-order valence-electron chi connectivity index (χ0n) is 9.38. The van der Waals surface area contributed by atoms with Crippen LogP contribution in [0.2, 0.25) is 0 Å². The molecule has 17 heavy (non-hydrogen) atoms. The van der Waals surface area contributed by atoms with Crippen LogP contribution in [0.15, 0.2) is 60.7 Å². The van der Waals surface area contributed by atoms with Crippen molar-refractivity contribution < 1.29 is 4.79 Å². The van der Waals surface area contributed by atoms with Crippen molar-refractivity contribution in [2.45, 2.75) is 11.8 Å². The highest BCUT2D eigenvalue weighted by atomic mass is 14.9. The molecule has 0 unspecified atom stereocenters. The van der Waals surface area contributed by atoms with E-state index in [1.165, 1.54) is 11.1 Å². The minimum Gasteiger partial charge on any atom is -0.362 e. The van der Waals surface area contributed by atoms with Gasteiger partial charge in [0.15, 0.2) is 0 Å². The number of benzene rings is 2. The van der Waals surface area contributed by atoms with E-state index in [1.54, 1.807) is 0 Å². The van der Waals surface area contributed by atoms with E-state index in [0.717, 1.165) is 12.1 Å². The largest absolute Gasteiger partial charge is 0.362 e. The Balaban J connectivity index is 2.18. The van der Waals surface area contributed by atoms with Gasteiger partial charge in [0.2, 0.25) is 0 Å². The Kier molecular flexibility index (Phi) is 2.17. The van der Waals surface area contributed by atoms with Crippen LogP contribution in [0.1, 0.15) is 17.5 Å². The summed E-state index contributed by atoms with van der Waals surface area (Å²) >= 11 is 0. The predicted molar refractivity (Wildman–Crippen MR) is 66.9 cm³/mol. The molecule has 0 atom stereocenters. The summed E-state index contributed by atoms with van der Waals surface area (Å²) in [6.45, 7) is 0. The summed E-state index contributed by atoms with van der Waals surface area (Å²) in [7, 11) is 0. The summed E-state index contributed by atoms with van der Waals surface area (Å²) in [5.41, 5.74) is 12.1. The molecule has 0 aromatic heterocycles. The Morgan fingerprint density at radius 2 is 1.29 bits per heavy atom. The fourth-order valence-corrected chi connectivity index (χ4v) is 2.48. The fraction of sp³-hybridized carbons (Fsp3) is 0.133. The van der Waals surface area contributed by atoms with Crippen molar-refractivity contribution in [2.24, 2.45) is 0 Å². The smallest absolute Gasteiger partial charge is 0.286 e. The van der Waals surface area contributed by atoms with Gasteiger partial charge in [-0.2, -0.15) is 4.79 Å². The maximum atomic E-state index is 9.05. The monoisotopic (exact) mass is 220 g/mol. The van der Waals surface area contributed by atoms with Crippen LogP contribution in [0, 0.1) is 0 Å². The third-order valence-corrected chi connectivity index (χ3v) is 3.45. The Labute approximate surface area is 100 Å². The molecule has 3 rings (SSSR count). The Morgan fingerprint density at radius 3 is 1.65 bits per heavy atom. The second-order valence-electron chi connectivity index (χ2n) is 4.36. The van der Waals surface area contributed by atoms with Gasteiger partial charge in [-0.15, -0.1) is 0 Å². The van der Waals surface area contributed by atoms with Crippen molar-refractivity contribution in [1.29, 1.82) is 0 Å². The predicted octanol–water partition coefficient (Wildman–Crippen LogP) is 3.05. The second-order valence-corrected chi connectivity index (χ2v) is 4.36. The topological polar surface area (TPSA) is 36.4 Å². The molecule has 1 aliphatic carbocycles. The van der Waals surface area contributed by atoms with Crippen molar-refractivity contribution in [3.05, 3.63) is 77.3 Å². The average molecular weight is 220 g/mol. The molecule has 0 heterocycles. The van der Waals surface area contributed by atoms with E-state index in [0.29, 0.717) is 0 Å². The van der Waals surface area contributed by atoms with Gasteiger partial charge in [-0.05, 0) is 11.1 Å². The van der Waals surface area contributed by atoms with Crippen molar-refractivity contribution in [3.63, 3.8) is 0 Å². The number of rotatable bonds is 2. The molecule has 82 valence electrons. The zero-order valence-corrected chi connectivity index (χ0v) is 9.38. The van der Waals surface area contributed by atoms with Crippen LogP contribution in [0.5, 0.6) is 0 Å². The van der Waals surface area contributed by atoms with Crippen LogP contribution in [-0.4, -0.2) is 10.5 Å². The lowest BCUT2D eigenvalue weighted by atomic mass is 9.88. The van der Waals surface area contributed by atoms with Gasteiger partial charge in [0, 0.05) is 0 Å². The molecule has 2 aromatic rings. The van der Waals surface area contributed by atoms with Gasteiger partial charge in [0.25, 0.3) is 5.71 Å². The quantitative estimate of drug-likeness (QED) is 0.551. The number of hydrogen-bond donors (Lipinski definition) is 0. The Morgan fingerprint density at radius 1 is 0.824 bits per heavy atom. The molecule has 1 fully saturated rings. The first-order chi connectivity index (χ1) is 8.38. The molecule has 0 spiro atoms. The molecule has 2 aromatic carbocycles. The van der Waals surface area contributed by atoms with Gasteiger partial charge >= 0.3 is 0 Å². The van der Waals surface area contributed by atoms with Gasteiger partial charge in [-0.1, -0.05) is 60.7 Å². The van der Waals surface area contributed by atoms with Gasteiger partial charge in [0.1, 0.15) is 5.41 Å². The third kappa shape index (κ3) is 1.42. The van der Waals surface area contributed by atoms with E-state index in [4.69, 9.17) is 5.53 Å². The SMILES string of the molecule is [N-]=[N+]=C1CC1(c1ccccc1)c1ccccc1. The van der Waals surface area contributed by atoms with E-state index in [2.05, 4.69) is 29.1 Å². The van der Waals surface area contributed by atoms with Crippen LogP contribution in [-0.2, 0) is 5.41 Å². The third-order valence-electron chi connectivity index (χ3n) is 3.45.